The van der Waals surface area contributed by atoms with Crippen molar-refractivity contribution in [3.05, 3.63) is 28.3 Å². The number of aryl methyl sites for hydroxylation is 1. The molecule has 0 aliphatic heterocycles. The van der Waals surface area contributed by atoms with E-state index in [1.54, 1.807) is 0 Å². The van der Waals surface area contributed by atoms with Gasteiger partial charge in [-0.05, 0) is 56.0 Å². The summed E-state index contributed by atoms with van der Waals surface area (Å²) in [4.78, 5) is 0. The summed E-state index contributed by atoms with van der Waals surface area (Å²) in [6.07, 6.45) is 0.683. The monoisotopic (exact) mass is 257 g/mol. The number of nitrogens with two attached hydrogens (primary N) is 1. The minimum atomic E-state index is 0.0491. The van der Waals surface area contributed by atoms with E-state index in [1.165, 1.54) is 0 Å². The number of benzene rings is 1. The fourth-order valence-corrected chi connectivity index (χ4v) is 1.87. The zero-order chi connectivity index (χ0) is 12.8. The molecule has 0 amide bonds. The van der Waals surface area contributed by atoms with Crippen LogP contribution >= 0.6 is 11.6 Å². The summed E-state index contributed by atoms with van der Waals surface area (Å²) in [5.74, 6) is 0.884. The largest absolute Gasteiger partial charge is 0.494 e. The minimum absolute atomic E-state index is 0.0491. The Labute approximate surface area is 108 Å². The lowest BCUT2D eigenvalue weighted by Gasteiger charge is -2.16. The predicted octanol–water partition coefficient (Wildman–Crippen LogP) is 2.16. The second-order valence-electron chi connectivity index (χ2n) is 4.13. The smallest absolute Gasteiger partial charge is 0.122 e. The van der Waals surface area contributed by atoms with E-state index in [4.69, 9.17) is 22.1 Å². The van der Waals surface area contributed by atoms with Gasteiger partial charge in [-0.1, -0.05) is 11.6 Å². The normalized spacial score (nSPS) is 12.5. The molecule has 1 atom stereocenters. The second-order valence-corrected chi connectivity index (χ2v) is 4.54. The molecule has 0 spiro atoms. The molecule has 3 N–H and O–H groups in total. The highest BCUT2D eigenvalue weighted by molar-refractivity contribution is 6.31. The lowest BCUT2D eigenvalue weighted by atomic mass is 9.98. The van der Waals surface area contributed by atoms with Crippen molar-refractivity contribution in [3.8, 4) is 5.75 Å². The first-order chi connectivity index (χ1) is 8.12. The highest BCUT2D eigenvalue weighted by Gasteiger charge is 2.12. The van der Waals surface area contributed by atoms with E-state index in [1.807, 2.05) is 26.0 Å². The highest BCUT2D eigenvalue weighted by atomic mass is 35.5. The van der Waals surface area contributed by atoms with Crippen LogP contribution in [0.1, 0.15) is 18.1 Å². The van der Waals surface area contributed by atoms with Crippen LogP contribution < -0.4 is 10.5 Å². The van der Waals surface area contributed by atoms with Crippen LogP contribution in [0, 0.1) is 12.8 Å². The Kier molecular flexibility index (Phi) is 5.75. The molecule has 0 saturated heterocycles. The summed E-state index contributed by atoms with van der Waals surface area (Å²) in [6, 6.07) is 3.84. The van der Waals surface area contributed by atoms with Crippen molar-refractivity contribution in [2.75, 3.05) is 19.8 Å². The van der Waals surface area contributed by atoms with Crippen LogP contribution in [0.4, 0.5) is 0 Å². The van der Waals surface area contributed by atoms with Gasteiger partial charge < -0.3 is 15.6 Å². The van der Waals surface area contributed by atoms with Crippen LogP contribution in [-0.2, 0) is 6.42 Å². The Bertz CT molecular complexity index is 365. The summed E-state index contributed by atoms with van der Waals surface area (Å²) in [5, 5.41) is 9.90. The Balaban J connectivity index is 2.98. The molecule has 0 saturated carbocycles. The number of ether oxygens (including phenoxy) is 1. The Morgan fingerprint density at radius 3 is 2.71 bits per heavy atom. The van der Waals surface area contributed by atoms with Gasteiger partial charge in [-0.15, -0.1) is 0 Å². The van der Waals surface area contributed by atoms with Crippen LogP contribution in [0.2, 0.25) is 5.02 Å². The summed E-state index contributed by atoms with van der Waals surface area (Å²) >= 11 is 6.11. The molecule has 0 aliphatic carbocycles. The van der Waals surface area contributed by atoms with Gasteiger partial charge >= 0.3 is 0 Å². The van der Waals surface area contributed by atoms with Gasteiger partial charge in [0.15, 0.2) is 0 Å². The van der Waals surface area contributed by atoms with E-state index in [2.05, 4.69) is 0 Å². The van der Waals surface area contributed by atoms with Gasteiger partial charge in [0.25, 0.3) is 0 Å². The van der Waals surface area contributed by atoms with Gasteiger partial charge in [0.05, 0.1) is 6.61 Å². The van der Waals surface area contributed by atoms with Gasteiger partial charge in [-0.3, -0.25) is 0 Å². The second kappa shape index (κ2) is 6.84. The first-order valence-corrected chi connectivity index (χ1v) is 6.22. The first kappa shape index (κ1) is 14.3. The van der Waals surface area contributed by atoms with Crippen molar-refractivity contribution in [2.24, 2.45) is 11.7 Å². The van der Waals surface area contributed by atoms with Crippen LogP contribution in [0.25, 0.3) is 0 Å². The highest BCUT2D eigenvalue weighted by Crippen LogP contribution is 2.28. The quantitative estimate of drug-likeness (QED) is 0.821. The van der Waals surface area contributed by atoms with Crippen molar-refractivity contribution in [1.29, 1.82) is 0 Å². The minimum Gasteiger partial charge on any atom is -0.494 e. The van der Waals surface area contributed by atoms with Crippen molar-refractivity contribution < 1.29 is 9.84 Å². The lowest BCUT2D eigenvalue weighted by molar-refractivity contribution is 0.228. The third kappa shape index (κ3) is 3.87. The molecule has 1 aromatic carbocycles. The van der Waals surface area contributed by atoms with Crippen molar-refractivity contribution in [2.45, 2.75) is 20.3 Å². The fraction of sp³-hybridized carbons (Fsp3) is 0.538. The molecule has 0 radical (unpaired) electrons. The Morgan fingerprint density at radius 2 is 2.18 bits per heavy atom. The zero-order valence-corrected chi connectivity index (χ0v) is 11.1. The van der Waals surface area contributed by atoms with Crippen molar-refractivity contribution in [1.82, 2.24) is 0 Å². The number of aliphatic hydroxyl groups excluding tert-OH is 1. The molecule has 3 nitrogen and oxygen atoms in total. The number of rotatable bonds is 6. The molecule has 0 aromatic heterocycles. The molecule has 4 heteroatoms. The van der Waals surface area contributed by atoms with E-state index in [0.717, 1.165) is 21.9 Å². The number of halogens is 1. The van der Waals surface area contributed by atoms with Gasteiger partial charge in [-0.25, -0.2) is 0 Å². The average Bonchev–Trinajstić information content (AvgIpc) is 2.32. The topological polar surface area (TPSA) is 55.5 Å². The molecule has 0 heterocycles. The van der Waals surface area contributed by atoms with E-state index >= 15 is 0 Å². The van der Waals surface area contributed by atoms with Crippen molar-refractivity contribution >= 4 is 11.6 Å². The van der Waals surface area contributed by atoms with Crippen LogP contribution in [-0.4, -0.2) is 24.9 Å². The Morgan fingerprint density at radius 1 is 1.47 bits per heavy atom. The maximum absolute atomic E-state index is 9.18. The summed E-state index contributed by atoms with van der Waals surface area (Å²) in [6.45, 7) is 5.03. The molecule has 17 heavy (non-hydrogen) atoms. The summed E-state index contributed by atoms with van der Waals surface area (Å²) < 4.78 is 5.58. The SMILES string of the molecule is CCOc1cc(C)c(Cl)cc1CC(CN)CO. The van der Waals surface area contributed by atoms with E-state index < -0.39 is 0 Å². The van der Waals surface area contributed by atoms with Crippen LogP contribution in [0.3, 0.4) is 0 Å². The molecule has 0 bridgehead atoms. The number of hydrogen-bond acceptors (Lipinski definition) is 3. The van der Waals surface area contributed by atoms with E-state index in [-0.39, 0.29) is 12.5 Å². The third-order valence-electron chi connectivity index (χ3n) is 2.74. The molecular weight excluding hydrogens is 238 g/mol. The molecule has 0 aliphatic rings. The maximum atomic E-state index is 9.18. The van der Waals surface area contributed by atoms with Gasteiger partial charge in [0, 0.05) is 11.6 Å². The van der Waals surface area contributed by atoms with Crippen molar-refractivity contribution in [3.63, 3.8) is 0 Å². The molecule has 0 fully saturated rings. The number of aliphatic hydroxyl groups is 1. The van der Waals surface area contributed by atoms with E-state index in [9.17, 15) is 5.11 Å². The maximum Gasteiger partial charge on any atom is 0.122 e. The van der Waals surface area contributed by atoms with Crippen LogP contribution in [0.15, 0.2) is 12.1 Å². The van der Waals surface area contributed by atoms with Gasteiger partial charge in [-0.2, -0.15) is 0 Å². The van der Waals surface area contributed by atoms with Gasteiger partial charge in [0.2, 0.25) is 0 Å². The zero-order valence-electron chi connectivity index (χ0n) is 10.4. The summed E-state index contributed by atoms with van der Waals surface area (Å²) in [5.41, 5.74) is 7.59. The molecular formula is C13H20ClNO2. The Hall–Kier alpha value is -0.770. The fourth-order valence-electron chi connectivity index (χ4n) is 1.68. The van der Waals surface area contributed by atoms with Crippen LogP contribution in [0.5, 0.6) is 5.75 Å². The predicted molar refractivity (Wildman–Crippen MR) is 70.7 cm³/mol. The number of hydrogen-bond donors (Lipinski definition) is 2. The average molecular weight is 258 g/mol. The standard InChI is InChI=1S/C13H20ClNO2/c1-3-17-13-4-9(2)12(14)6-11(13)5-10(7-15)8-16/h4,6,10,16H,3,5,7-8,15H2,1-2H3. The first-order valence-electron chi connectivity index (χ1n) is 5.85. The third-order valence-corrected chi connectivity index (χ3v) is 3.15. The molecule has 1 rings (SSSR count). The lowest BCUT2D eigenvalue weighted by Crippen LogP contribution is -2.20. The summed E-state index contributed by atoms with van der Waals surface area (Å²) in [7, 11) is 0. The molecule has 1 unspecified atom stereocenters. The molecule has 1 aromatic rings. The van der Waals surface area contributed by atoms with Gasteiger partial charge in [0.1, 0.15) is 5.75 Å². The van der Waals surface area contributed by atoms with E-state index in [0.29, 0.717) is 19.6 Å². The molecule has 96 valence electrons.